The molecule has 0 aliphatic rings. The number of amides is 1. The molecule has 0 aliphatic carbocycles. The zero-order valence-corrected chi connectivity index (χ0v) is 14.3. The van der Waals surface area contributed by atoms with Gasteiger partial charge in [-0.05, 0) is 23.6 Å². The van der Waals surface area contributed by atoms with E-state index in [0.29, 0.717) is 5.39 Å². The SMILES string of the molecule is O=C(Nc1c(O)ccc2cccc(S(=O)(=O)O)c12)c1cccc([N+](=O)[O-])c1. The summed E-state index contributed by atoms with van der Waals surface area (Å²) >= 11 is 0. The molecule has 0 unspecified atom stereocenters. The molecule has 3 N–H and O–H groups in total. The third-order valence-electron chi connectivity index (χ3n) is 3.82. The van der Waals surface area contributed by atoms with Crippen LogP contribution in [0.15, 0.2) is 59.5 Å². The first kappa shape index (κ1) is 18.3. The molecular weight excluding hydrogens is 376 g/mol. The highest BCUT2D eigenvalue weighted by atomic mass is 32.2. The van der Waals surface area contributed by atoms with Crippen molar-refractivity contribution in [3.05, 3.63) is 70.3 Å². The van der Waals surface area contributed by atoms with Crippen molar-refractivity contribution in [1.82, 2.24) is 0 Å². The van der Waals surface area contributed by atoms with E-state index in [1.807, 2.05) is 0 Å². The van der Waals surface area contributed by atoms with E-state index in [1.54, 1.807) is 0 Å². The number of anilines is 1. The van der Waals surface area contributed by atoms with E-state index >= 15 is 0 Å². The van der Waals surface area contributed by atoms with Crippen molar-refractivity contribution in [2.75, 3.05) is 5.32 Å². The summed E-state index contributed by atoms with van der Waals surface area (Å²) in [6.07, 6.45) is 0. The number of hydrogen-bond acceptors (Lipinski definition) is 6. The molecule has 0 aliphatic heterocycles. The van der Waals surface area contributed by atoms with Crippen molar-refractivity contribution >= 4 is 38.2 Å². The van der Waals surface area contributed by atoms with Gasteiger partial charge in [-0.25, -0.2) is 0 Å². The van der Waals surface area contributed by atoms with Crippen LogP contribution in [0.5, 0.6) is 5.75 Å². The van der Waals surface area contributed by atoms with Gasteiger partial charge >= 0.3 is 0 Å². The van der Waals surface area contributed by atoms with E-state index in [9.17, 15) is 33.0 Å². The molecule has 0 heterocycles. The number of phenolic OH excluding ortho intramolecular Hbond substituents is 1. The van der Waals surface area contributed by atoms with Crippen LogP contribution in [0.3, 0.4) is 0 Å². The second-order valence-electron chi connectivity index (χ2n) is 5.55. The molecule has 3 aromatic carbocycles. The molecule has 0 aromatic heterocycles. The molecule has 27 heavy (non-hydrogen) atoms. The zero-order valence-electron chi connectivity index (χ0n) is 13.5. The molecule has 0 fully saturated rings. The summed E-state index contributed by atoms with van der Waals surface area (Å²) in [5.74, 6) is -1.23. The lowest BCUT2D eigenvalue weighted by atomic mass is 10.1. The monoisotopic (exact) mass is 388 g/mol. The van der Waals surface area contributed by atoms with Gasteiger partial charge in [-0.15, -0.1) is 0 Å². The standard InChI is InChI=1S/C17H12N2O7S/c20-13-8-7-10-3-2-6-14(27(24,25)26)15(10)16(13)18-17(21)11-4-1-5-12(9-11)19(22)23/h1-9,20H,(H,18,21)(H,24,25,26). The van der Waals surface area contributed by atoms with E-state index in [2.05, 4.69) is 5.32 Å². The van der Waals surface area contributed by atoms with Gasteiger partial charge in [-0.2, -0.15) is 8.42 Å². The van der Waals surface area contributed by atoms with Crippen LogP contribution in [0.1, 0.15) is 10.4 Å². The molecule has 9 nitrogen and oxygen atoms in total. The Labute approximate surface area is 152 Å². The minimum Gasteiger partial charge on any atom is -0.506 e. The van der Waals surface area contributed by atoms with E-state index in [1.165, 1.54) is 42.5 Å². The second kappa shape index (κ2) is 6.67. The third-order valence-corrected chi connectivity index (χ3v) is 4.72. The van der Waals surface area contributed by atoms with Crippen molar-refractivity contribution in [3.8, 4) is 5.75 Å². The highest BCUT2D eigenvalue weighted by Gasteiger charge is 2.21. The normalized spacial score (nSPS) is 11.3. The average Bonchev–Trinajstić information content (AvgIpc) is 2.62. The molecular formula is C17H12N2O7S. The van der Waals surface area contributed by atoms with Crippen LogP contribution in [-0.2, 0) is 10.1 Å². The summed E-state index contributed by atoms with van der Waals surface area (Å²) < 4.78 is 32.8. The summed E-state index contributed by atoms with van der Waals surface area (Å²) in [6.45, 7) is 0. The number of rotatable bonds is 4. The highest BCUT2D eigenvalue weighted by molar-refractivity contribution is 7.86. The molecule has 1 amide bonds. The third kappa shape index (κ3) is 3.57. The van der Waals surface area contributed by atoms with E-state index < -0.39 is 31.6 Å². The second-order valence-corrected chi connectivity index (χ2v) is 6.94. The summed E-state index contributed by atoms with van der Waals surface area (Å²) in [6, 6.07) is 11.6. The van der Waals surface area contributed by atoms with E-state index in [4.69, 9.17) is 0 Å². The molecule has 0 radical (unpaired) electrons. The molecule has 138 valence electrons. The first-order valence-corrected chi connectivity index (χ1v) is 8.90. The Hall–Kier alpha value is -3.50. The van der Waals surface area contributed by atoms with Crippen molar-refractivity contribution in [2.45, 2.75) is 4.90 Å². The maximum Gasteiger partial charge on any atom is 0.295 e. The van der Waals surface area contributed by atoms with Gasteiger partial charge in [0.15, 0.2) is 0 Å². The number of carbonyl (C=O) groups excluding carboxylic acids is 1. The fraction of sp³-hybridized carbons (Fsp3) is 0. The molecule has 0 atom stereocenters. The van der Waals surface area contributed by atoms with Crippen LogP contribution >= 0.6 is 0 Å². The number of nitro groups is 1. The van der Waals surface area contributed by atoms with Crippen LogP contribution in [-0.4, -0.2) is 28.9 Å². The summed E-state index contributed by atoms with van der Waals surface area (Å²) in [7, 11) is -4.64. The number of non-ortho nitro benzene ring substituents is 1. The maximum atomic E-state index is 12.5. The largest absolute Gasteiger partial charge is 0.506 e. The average molecular weight is 388 g/mol. The van der Waals surface area contributed by atoms with Crippen LogP contribution in [0.4, 0.5) is 11.4 Å². The fourth-order valence-corrected chi connectivity index (χ4v) is 3.35. The molecule has 3 rings (SSSR count). The Kier molecular flexibility index (Phi) is 4.52. The predicted octanol–water partition coefficient (Wildman–Crippen LogP) is 2.95. The topological polar surface area (TPSA) is 147 Å². The summed E-state index contributed by atoms with van der Waals surface area (Å²) in [5, 5.41) is 23.6. The molecule has 0 saturated carbocycles. The Bertz CT molecular complexity index is 1190. The van der Waals surface area contributed by atoms with Crippen LogP contribution in [0.25, 0.3) is 10.8 Å². The first-order chi connectivity index (χ1) is 12.7. The van der Waals surface area contributed by atoms with Crippen molar-refractivity contribution in [2.24, 2.45) is 0 Å². The number of nitrogens with zero attached hydrogens (tertiary/aromatic N) is 1. The quantitative estimate of drug-likeness (QED) is 0.269. The van der Waals surface area contributed by atoms with E-state index in [-0.39, 0.29) is 22.3 Å². The smallest absolute Gasteiger partial charge is 0.295 e. The zero-order chi connectivity index (χ0) is 19.8. The first-order valence-electron chi connectivity index (χ1n) is 7.46. The van der Waals surface area contributed by atoms with Crippen molar-refractivity contribution in [1.29, 1.82) is 0 Å². The Morgan fingerprint density at radius 1 is 1.07 bits per heavy atom. The van der Waals surface area contributed by atoms with Crippen molar-refractivity contribution < 1.29 is 27.8 Å². The number of carbonyl (C=O) groups is 1. The Morgan fingerprint density at radius 2 is 1.78 bits per heavy atom. The van der Waals surface area contributed by atoms with Gasteiger partial charge in [0.2, 0.25) is 0 Å². The molecule has 0 bridgehead atoms. The highest BCUT2D eigenvalue weighted by Crippen LogP contribution is 2.37. The van der Waals surface area contributed by atoms with Gasteiger partial charge in [-0.1, -0.05) is 24.3 Å². The molecule has 3 aromatic rings. The van der Waals surface area contributed by atoms with Gasteiger partial charge in [-0.3, -0.25) is 19.5 Å². The lowest BCUT2D eigenvalue weighted by molar-refractivity contribution is -0.384. The van der Waals surface area contributed by atoms with Crippen LogP contribution < -0.4 is 5.32 Å². The number of nitrogens with one attached hydrogen (secondary N) is 1. The summed E-state index contributed by atoms with van der Waals surface area (Å²) in [5.41, 5.74) is -0.606. The molecule has 10 heteroatoms. The van der Waals surface area contributed by atoms with Crippen molar-refractivity contribution in [3.63, 3.8) is 0 Å². The minimum absolute atomic E-state index is 0.0649. The van der Waals surface area contributed by atoms with Gasteiger partial charge < -0.3 is 10.4 Å². The van der Waals surface area contributed by atoms with Gasteiger partial charge in [0, 0.05) is 23.1 Å². The lowest BCUT2D eigenvalue weighted by Gasteiger charge is -2.13. The minimum atomic E-state index is -4.64. The van der Waals surface area contributed by atoms with Gasteiger partial charge in [0.1, 0.15) is 10.6 Å². The van der Waals surface area contributed by atoms with E-state index in [0.717, 1.165) is 12.1 Å². The van der Waals surface area contributed by atoms with Crippen LogP contribution in [0, 0.1) is 10.1 Å². The maximum absolute atomic E-state index is 12.5. The Balaban J connectivity index is 2.15. The number of aromatic hydroxyl groups is 1. The number of nitro benzene ring substituents is 1. The Morgan fingerprint density at radius 3 is 2.44 bits per heavy atom. The predicted molar refractivity (Wildman–Crippen MR) is 96.5 cm³/mol. The molecule has 0 spiro atoms. The number of phenols is 1. The lowest BCUT2D eigenvalue weighted by Crippen LogP contribution is -2.13. The number of fused-ring (bicyclic) bond motifs is 1. The van der Waals surface area contributed by atoms with Gasteiger partial charge in [0.05, 0.1) is 10.6 Å². The summed E-state index contributed by atoms with van der Waals surface area (Å²) in [4.78, 5) is 22.2. The fourth-order valence-electron chi connectivity index (χ4n) is 2.62. The van der Waals surface area contributed by atoms with Crippen LogP contribution in [0.2, 0.25) is 0 Å². The number of hydrogen-bond donors (Lipinski definition) is 3. The number of benzene rings is 3. The molecule has 0 saturated heterocycles. The van der Waals surface area contributed by atoms with Gasteiger partial charge in [0.25, 0.3) is 21.7 Å².